The lowest BCUT2D eigenvalue weighted by atomic mass is 10.2. The quantitative estimate of drug-likeness (QED) is 0.686. The van der Waals surface area contributed by atoms with Crippen molar-refractivity contribution < 1.29 is 9.53 Å². The lowest BCUT2D eigenvalue weighted by molar-refractivity contribution is 0.0602. The highest BCUT2D eigenvalue weighted by Crippen LogP contribution is 2.18. The summed E-state index contributed by atoms with van der Waals surface area (Å²) in [5, 5.41) is 4.81. The second-order valence-corrected chi connectivity index (χ2v) is 5.06. The summed E-state index contributed by atoms with van der Waals surface area (Å²) in [6, 6.07) is 1.81. The first-order valence-electron chi connectivity index (χ1n) is 7.04. The highest BCUT2D eigenvalue weighted by Gasteiger charge is 2.20. The summed E-state index contributed by atoms with van der Waals surface area (Å²) in [5.41, 5.74) is 1.75. The first-order valence-corrected chi connectivity index (χ1v) is 7.04. The van der Waals surface area contributed by atoms with Crippen LogP contribution in [0.3, 0.4) is 0 Å². The van der Waals surface area contributed by atoms with Gasteiger partial charge in [0.05, 0.1) is 23.7 Å². The Morgan fingerprint density at radius 2 is 2.18 bits per heavy atom. The molecular formula is C15H16N4O3. The molecule has 0 aliphatic carbocycles. The van der Waals surface area contributed by atoms with Gasteiger partial charge in [0, 0.05) is 18.9 Å². The van der Waals surface area contributed by atoms with Crippen molar-refractivity contribution in [2.75, 3.05) is 7.11 Å². The van der Waals surface area contributed by atoms with Crippen molar-refractivity contribution in [3.05, 3.63) is 40.1 Å². The fourth-order valence-electron chi connectivity index (χ4n) is 2.57. The maximum atomic E-state index is 12.4. The van der Waals surface area contributed by atoms with Crippen molar-refractivity contribution in [2.24, 2.45) is 0 Å². The van der Waals surface area contributed by atoms with Gasteiger partial charge in [0.2, 0.25) is 0 Å². The van der Waals surface area contributed by atoms with Gasteiger partial charge in [-0.1, -0.05) is 6.92 Å². The average molecular weight is 300 g/mol. The van der Waals surface area contributed by atoms with E-state index >= 15 is 0 Å². The number of hydrogen-bond acceptors (Lipinski definition) is 5. The first kappa shape index (κ1) is 14.2. The summed E-state index contributed by atoms with van der Waals surface area (Å²) >= 11 is 0. The van der Waals surface area contributed by atoms with Crippen LogP contribution in [0.2, 0.25) is 0 Å². The van der Waals surface area contributed by atoms with Gasteiger partial charge in [-0.3, -0.25) is 4.79 Å². The molecule has 7 heteroatoms. The molecule has 7 nitrogen and oxygen atoms in total. The van der Waals surface area contributed by atoms with Crippen LogP contribution < -0.4 is 5.56 Å². The van der Waals surface area contributed by atoms with E-state index in [0.717, 1.165) is 6.42 Å². The molecule has 22 heavy (non-hydrogen) atoms. The Morgan fingerprint density at radius 3 is 2.86 bits per heavy atom. The predicted octanol–water partition coefficient (Wildman–Crippen LogP) is 1.55. The standard InChI is InChI=1S/C15H16N4O3/c1-4-6-18-7-5-11-10(14(18)20)8-16-13-12(15(21)22-3)9(2)17-19(11)13/h5,7-8H,4,6H2,1-3H3. The number of rotatable bonds is 3. The number of methoxy groups -OCH3 is 1. The molecule has 0 amide bonds. The predicted molar refractivity (Wildman–Crippen MR) is 81.1 cm³/mol. The number of aryl methyl sites for hydroxylation is 2. The van der Waals surface area contributed by atoms with Crippen LogP contribution in [0, 0.1) is 6.92 Å². The molecule has 0 bridgehead atoms. The SMILES string of the molecule is CCCn1ccc2c(cnc3c(C(=O)OC)c(C)nn32)c1=O. The van der Waals surface area contributed by atoms with Crippen LogP contribution in [-0.2, 0) is 11.3 Å². The number of esters is 1. The summed E-state index contributed by atoms with van der Waals surface area (Å²) in [6.45, 7) is 4.38. The molecule has 0 N–H and O–H groups in total. The number of pyridine rings is 1. The fraction of sp³-hybridized carbons (Fsp3) is 0.333. The molecule has 114 valence electrons. The maximum Gasteiger partial charge on any atom is 0.343 e. The summed E-state index contributed by atoms with van der Waals surface area (Å²) in [5.74, 6) is -0.487. The summed E-state index contributed by atoms with van der Waals surface area (Å²) in [4.78, 5) is 28.6. The van der Waals surface area contributed by atoms with E-state index in [1.54, 1.807) is 17.7 Å². The van der Waals surface area contributed by atoms with Gasteiger partial charge < -0.3 is 9.30 Å². The van der Waals surface area contributed by atoms with Crippen LogP contribution in [0.4, 0.5) is 0 Å². The second-order valence-electron chi connectivity index (χ2n) is 5.06. The first-order chi connectivity index (χ1) is 10.6. The fourth-order valence-corrected chi connectivity index (χ4v) is 2.57. The Bertz CT molecular complexity index is 939. The van der Waals surface area contributed by atoms with Crippen molar-refractivity contribution >= 4 is 22.5 Å². The molecule has 0 saturated carbocycles. The Balaban J connectivity index is 2.36. The van der Waals surface area contributed by atoms with Crippen molar-refractivity contribution in [1.82, 2.24) is 19.2 Å². The Labute approximate surface area is 126 Å². The summed E-state index contributed by atoms with van der Waals surface area (Å²) < 4.78 is 7.94. The van der Waals surface area contributed by atoms with Crippen LogP contribution in [0.1, 0.15) is 29.4 Å². The number of nitrogens with zero attached hydrogens (tertiary/aromatic N) is 4. The van der Waals surface area contributed by atoms with E-state index in [1.165, 1.54) is 17.8 Å². The van der Waals surface area contributed by atoms with Gasteiger partial charge in [0.15, 0.2) is 5.65 Å². The van der Waals surface area contributed by atoms with Crippen molar-refractivity contribution in [3.8, 4) is 0 Å². The topological polar surface area (TPSA) is 78.5 Å². The highest BCUT2D eigenvalue weighted by molar-refractivity contribution is 5.98. The number of aromatic nitrogens is 4. The maximum absolute atomic E-state index is 12.4. The van der Waals surface area contributed by atoms with Crippen LogP contribution in [-0.4, -0.2) is 32.2 Å². The molecule has 3 heterocycles. The minimum atomic E-state index is -0.487. The van der Waals surface area contributed by atoms with E-state index in [9.17, 15) is 9.59 Å². The van der Waals surface area contributed by atoms with Gasteiger partial charge >= 0.3 is 5.97 Å². The van der Waals surface area contributed by atoms with Gasteiger partial charge in [-0.2, -0.15) is 5.10 Å². The molecule has 0 radical (unpaired) electrons. The largest absolute Gasteiger partial charge is 0.465 e. The number of fused-ring (bicyclic) bond motifs is 3. The third kappa shape index (κ3) is 1.97. The van der Waals surface area contributed by atoms with Crippen LogP contribution >= 0.6 is 0 Å². The Kier molecular flexibility index (Phi) is 3.40. The monoisotopic (exact) mass is 300 g/mol. The number of ether oxygens (including phenoxy) is 1. The van der Waals surface area contributed by atoms with Gasteiger partial charge in [0.25, 0.3) is 5.56 Å². The van der Waals surface area contributed by atoms with Crippen molar-refractivity contribution in [2.45, 2.75) is 26.8 Å². The molecule has 0 spiro atoms. The van der Waals surface area contributed by atoms with E-state index in [1.807, 2.05) is 13.0 Å². The molecule has 0 fully saturated rings. The third-order valence-electron chi connectivity index (χ3n) is 3.61. The van der Waals surface area contributed by atoms with E-state index in [2.05, 4.69) is 10.1 Å². The van der Waals surface area contributed by atoms with Crippen molar-refractivity contribution in [3.63, 3.8) is 0 Å². The smallest absolute Gasteiger partial charge is 0.343 e. The Hall–Kier alpha value is -2.70. The Morgan fingerprint density at radius 1 is 1.41 bits per heavy atom. The van der Waals surface area contributed by atoms with E-state index in [-0.39, 0.29) is 5.56 Å². The summed E-state index contributed by atoms with van der Waals surface area (Å²) in [7, 11) is 1.32. The zero-order valence-electron chi connectivity index (χ0n) is 12.7. The van der Waals surface area contributed by atoms with Crippen LogP contribution in [0.5, 0.6) is 0 Å². The zero-order chi connectivity index (χ0) is 15.9. The van der Waals surface area contributed by atoms with E-state index in [4.69, 9.17) is 4.74 Å². The molecule has 0 saturated heterocycles. The number of carbonyl (C=O) groups excluding carboxylic acids is 1. The zero-order valence-corrected chi connectivity index (χ0v) is 12.7. The van der Waals surface area contributed by atoms with Gasteiger partial charge in [-0.25, -0.2) is 14.3 Å². The lowest BCUT2D eigenvalue weighted by Gasteiger charge is -2.06. The minimum absolute atomic E-state index is 0.110. The van der Waals surface area contributed by atoms with Crippen LogP contribution in [0.15, 0.2) is 23.3 Å². The van der Waals surface area contributed by atoms with Gasteiger partial charge in [0.1, 0.15) is 5.56 Å². The molecule has 3 aromatic rings. The molecule has 3 aromatic heterocycles. The second kappa shape index (κ2) is 5.25. The minimum Gasteiger partial charge on any atom is -0.465 e. The third-order valence-corrected chi connectivity index (χ3v) is 3.61. The molecule has 0 aromatic carbocycles. The number of carbonyl (C=O) groups is 1. The molecular weight excluding hydrogens is 284 g/mol. The van der Waals surface area contributed by atoms with Gasteiger partial charge in [-0.05, 0) is 19.4 Å². The number of hydrogen-bond donors (Lipinski definition) is 0. The van der Waals surface area contributed by atoms with E-state index in [0.29, 0.717) is 34.4 Å². The average Bonchev–Trinajstić information content (AvgIpc) is 2.85. The molecule has 3 rings (SSSR count). The normalized spacial score (nSPS) is 11.2. The van der Waals surface area contributed by atoms with E-state index < -0.39 is 5.97 Å². The van der Waals surface area contributed by atoms with Gasteiger partial charge in [-0.15, -0.1) is 0 Å². The molecule has 0 atom stereocenters. The highest BCUT2D eigenvalue weighted by atomic mass is 16.5. The lowest BCUT2D eigenvalue weighted by Crippen LogP contribution is -2.20. The summed E-state index contributed by atoms with van der Waals surface area (Å²) in [6.07, 6.45) is 4.10. The van der Waals surface area contributed by atoms with Crippen molar-refractivity contribution in [1.29, 1.82) is 0 Å². The van der Waals surface area contributed by atoms with Crippen LogP contribution in [0.25, 0.3) is 16.6 Å². The molecule has 0 aliphatic rings. The molecule has 0 aliphatic heterocycles. The molecule has 0 unspecified atom stereocenters.